The Morgan fingerprint density at radius 3 is 2.83 bits per heavy atom. The molecule has 1 saturated heterocycles. The van der Waals surface area contributed by atoms with Crippen LogP contribution in [-0.4, -0.2) is 22.5 Å². The number of rotatable bonds is 3. The van der Waals surface area contributed by atoms with Crippen molar-refractivity contribution in [2.24, 2.45) is 0 Å². The van der Waals surface area contributed by atoms with Crippen LogP contribution in [0.1, 0.15) is 78.9 Å². The van der Waals surface area contributed by atoms with Crippen molar-refractivity contribution in [3.8, 4) is 0 Å². The second-order valence-electron chi connectivity index (χ2n) is 6.62. The Kier molecular flexibility index (Phi) is 3.93. The third kappa shape index (κ3) is 2.80. The normalized spacial score (nSPS) is 22.6. The fraction of sp³-hybridized carbons (Fsp3) is 0.556. The molecule has 23 heavy (non-hydrogen) atoms. The van der Waals surface area contributed by atoms with Gasteiger partial charge in [-0.15, -0.1) is 0 Å². The lowest BCUT2D eigenvalue weighted by molar-refractivity contribution is 0.0677. The Morgan fingerprint density at radius 2 is 2.04 bits per heavy atom. The first-order valence-corrected chi connectivity index (χ1v) is 8.64. The van der Waals surface area contributed by atoms with Crippen LogP contribution in [0.5, 0.6) is 0 Å². The number of hydrogen-bond donors (Lipinski definition) is 0. The summed E-state index contributed by atoms with van der Waals surface area (Å²) in [6.07, 6.45) is 9.67. The van der Waals surface area contributed by atoms with Gasteiger partial charge in [-0.25, -0.2) is 0 Å². The van der Waals surface area contributed by atoms with Gasteiger partial charge in [-0.05, 0) is 37.8 Å². The molecule has 5 heteroatoms. The highest BCUT2D eigenvalue weighted by Gasteiger charge is 2.34. The fourth-order valence-electron chi connectivity index (χ4n) is 3.91. The molecule has 4 rings (SSSR count). The topological polar surface area (TPSA) is 59.5 Å². The quantitative estimate of drug-likeness (QED) is 0.848. The second kappa shape index (κ2) is 6.22. The summed E-state index contributed by atoms with van der Waals surface area (Å²) < 4.78 is 10.9. The number of nitrogens with zero attached hydrogens (tertiary/aromatic N) is 2. The molecule has 5 nitrogen and oxygen atoms in total. The minimum absolute atomic E-state index is 0.0146. The van der Waals surface area contributed by atoms with Gasteiger partial charge < -0.3 is 13.8 Å². The van der Waals surface area contributed by atoms with E-state index in [9.17, 15) is 4.79 Å². The maximum atomic E-state index is 12.8. The number of hydrogen-bond acceptors (Lipinski definition) is 4. The minimum Gasteiger partial charge on any atom is -0.467 e. The first-order chi connectivity index (χ1) is 11.3. The molecule has 1 atom stereocenters. The third-order valence-corrected chi connectivity index (χ3v) is 5.15. The van der Waals surface area contributed by atoms with Gasteiger partial charge in [0.15, 0.2) is 0 Å². The zero-order chi connectivity index (χ0) is 15.6. The van der Waals surface area contributed by atoms with Crippen molar-refractivity contribution in [2.75, 3.05) is 6.54 Å². The Bertz CT molecular complexity index is 656. The molecular formula is C18H22N2O3. The van der Waals surface area contributed by atoms with E-state index in [-0.39, 0.29) is 11.9 Å². The van der Waals surface area contributed by atoms with E-state index in [0.717, 1.165) is 43.7 Å². The molecule has 122 valence electrons. The van der Waals surface area contributed by atoms with Crippen LogP contribution in [0.2, 0.25) is 0 Å². The molecule has 1 aliphatic carbocycles. The highest BCUT2D eigenvalue weighted by molar-refractivity contribution is 5.92. The molecule has 0 radical (unpaired) electrons. The smallest absolute Gasteiger partial charge is 0.293 e. The first-order valence-electron chi connectivity index (χ1n) is 8.64. The summed E-state index contributed by atoms with van der Waals surface area (Å²) in [6, 6.07) is 5.67. The summed E-state index contributed by atoms with van der Waals surface area (Å²) in [5.41, 5.74) is 0.946. The summed E-state index contributed by atoms with van der Waals surface area (Å²) in [5, 5.41) is 4.17. The van der Waals surface area contributed by atoms with Gasteiger partial charge in [-0.3, -0.25) is 4.79 Å². The van der Waals surface area contributed by atoms with Crippen LogP contribution in [0.25, 0.3) is 0 Å². The van der Waals surface area contributed by atoms with Gasteiger partial charge in [0.2, 0.25) is 5.76 Å². The molecule has 3 heterocycles. The van der Waals surface area contributed by atoms with Crippen molar-refractivity contribution < 1.29 is 13.7 Å². The van der Waals surface area contributed by atoms with Crippen LogP contribution < -0.4 is 0 Å². The molecule has 2 aliphatic rings. The lowest BCUT2D eigenvalue weighted by atomic mass is 9.87. The SMILES string of the molecule is O=C(c1cc(C2CCCCC2)no1)N1CCC[C@@H]1c1ccco1. The van der Waals surface area contributed by atoms with E-state index in [2.05, 4.69) is 5.16 Å². The van der Waals surface area contributed by atoms with Gasteiger partial charge in [0.1, 0.15) is 5.76 Å². The molecule has 0 bridgehead atoms. The van der Waals surface area contributed by atoms with Crippen LogP contribution >= 0.6 is 0 Å². The van der Waals surface area contributed by atoms with Crippen LogP contribution in [0.15, 0.2) is 33.4 Å². The van der Waals surface area contributed by atoms with Crippen LogP contribution in [0.4, 0.5) is 0 Å². The number of furan rings is 1. The molecule has 0 aromatic carbocycles. The predicted molar refractivity (Wildman–Crippen MR) is 84.0 cm³/mol. The zero-order valence-electron chi connectivity index (χ0n) is 13.2. The summed E-state index contributed by atoms with van der Waals surface area (Å²) in [5.74, 6) is 1.60. The zero-order valence-corrected chi connectivity index (χ0v) is 13.2. The van der Waals surface area contributed by atoms with E-state index < -0.39 is 0 Å². The van der Waals surface area contributed by atoms with Crippen molar-refractivity contribution >= 4 is 5.91 Å². The highest BCUT2D eigenvalue weighted by atomic mass is 16.5. The summed E-state index contributed by atoms with van der Waals surface area (Å²) in [6.45, 7) is 0.740. The van der Waals surface area contributed by atoms with Crippen LogP contribution in [0.3, 0.4) is 0 Å². The number of carbonyl (C=O) groups excluding carboxylic acids is 1. The van der Waals surface area contributed by atoms with E-state index in [1.165, 1.54) is 19.3 Å². The maximum Gasteiger partial charge on any atom is 0.293 e. The molecule has 1 saturated carbocycles. The van der Waals surface area contributed by atoms with E-state index in [1.54, 1.807) is 6.26 Å². The molecule has 0 N–H and O–H groups in total. The van der Waals surface area contributed by atoms with Gasteiger partial charge in [-0.2, -0.15) is 0 Å². The lowest BCUT2D eigenvalue weighted by Gasteiger charge is -2.21. The highest BCUT2D eigenvalue weighted by Crippen LogP contribution is 2.35. The summed E-state index contributed by atoms with van der Waals surface area (Å²) in [7, 11) is 0. The van der Waals surface area contributed by atoms with E-state index in [0.29, 0.717) is 11.7 Å². The van der Waals surface area contributed by atoms with Crippen molar-refractivity contribution in [2.45, 2.75) is 56.9 Å². The average molecular weight is 314 g/mol. The largest absolute Gasteiger partial charge is 0.467 e. The monoisotopic (exact) mass is 314 g/mol. The minimum atomic E-state index is -0.0709. The van der Waals surface area contributed by atoms with Crippen LogP contribution in [-0.2, 0) is 0 Å². The summed E-state index contributed by atoms with van der Waals surface area (Å²) in [4.78, 5) is 14.7. The molecule has 2 fully saturated rings. The number of carbonyl (C=O) groups is 1. The van der Waals surface area contributed by atoms with Crippen molar-refractivity contribution in [3.05, 3.63) is 41.7 Å². The Morgan fingerprint density at radius 1 is 1.17 bits per heavy atom. The van der Waals surface area contributed by atoms with Gasteiger partial charge in [0.25, 0.3) is 5.91 Å². The maximum absolute atomic E-state index is 12.8. The Labute approximate surface area is 135 Å². The summed E-state index contributed by atoms with van der Waals surface area (Å²) >= 11 is 0. The molecule has 1 aliphatic heterocycles. The average Bonchev–Trinajstić information content (AvgIpc) is 3.34. The van der Waals surface area contributed by atoms with E-state index >= 15 is 0 Å². The fourth-order valence-corrected chi connectivity index (χ4v) is 3.91. The van der Waals surface area contributed by atoms with E-state index in [4.69, 9.17) is 8.94 Å². The van der Waals surface area contributed by atoms with Crippen molar-refractivity contribution in [1.82, 2.24) is 10.1 Å². The Hall–Kier alpha value is -2.04. The number of likely N-dealkylation sites (tertiary alicyclic amines) is 1. The molecular weight excluding hydrogens is 292 g/mol. The van der Waals surface area contributed by atoms with Gasteiger partial charge in [0, 0.05) is 18.5 Å². The van der Waals surface area contributed by atoms with Gasteiger partial charge >= 0.3 is 0 Å². The van der Waals surface area contributed by atoms with Gasteiger partial charge in [-0.1, -0.05) is 24.4 Å². The second-order valence-corrected chi connectivity index (χ2v) is 6.62. The van der Waals surface area contributed by atoms with Crippen molar-refractivity contribution in [3.63, 3.8) is 0 Å². The number of aromatic nitrogens is 1. The molecule has 0 spiro atoms. The number of amides is 1. The third-order valence-electron chi connectivity index (χ3n) is 5.15. The Balaban J connectivity index is 1.51. The molecule has 2 aromatic heterocycles. The van der Waals surface area contributed by atoms with Crippen molar-refractivity contribution in [1.29, 1.82) is 0 Å². The standard InChI is InChI=1S/C18H22N2O3/c21-18(20-10-4-8-15(20)16-9-5-11-22-16)17-12-14(19-23-17)13-6-2-1-3-7-13/h5,9,11-13,15H,1-4,6-8,10H2/t15-/m1/s1. The predicted octanol–water partition coefficient (Wildman–Crippen LogP) is 4.29. The van der Waals surface area contributed by atoms with Crippen LogP contribution in [0, 0.1) is 0 Å². The van der Waals surface area contributed by atoms with E-state index in [1.807, 2.05) is 23.1 Å². The first kappa shape index (κ1) is 14.5. The molecule has 0 unspecified atom stereocenters. The molecule has 2 aromatic rings. The molecule has 1 amide bonds. The van der Waals surface area contributed by atoms with Gasteiger partial charge in [0.05, 0.1) is 18.0 Å². The lowest BCUT2D eigenvalue weighted by Crippen LogP contribution is -2.30.